The van der Waals surface area contributed by atoms with Crippen LogP contribution in [0.25, 0.3) is 0 Å². The Labute approximate surface area is 158 Å². The van der Waals surface area contributed by atoms with E-state index in [1.165, 1.54) is 11.3 Å². The molecule has 0 unspecified atom stereocenters. The van der Waals surface area contributed by atoms with Gasteiger partial charge in [-0.2, -0.15) is 0 Å². The Hall–Kier alpha value is -3.34. The molecule has 2 aromatic carbocycles. The fourth-order valence-corrected chi connectivity index (χ4v) is 3.43. The van der Waals surface area contributed by atoms with Crippen molar-refractivity contribution in [2.45, 2.75) is 13.0 Å². The van der Waals surface area contributed by atoms with E-state index in [1.807, 2.05) is 36.4 Å². The molecule has 1 N–H and O–H groups in total. The van der Waals surface area contributed by atoms with E-state index in [1.54, 1.807) is 19.5 Å². The molecule has 1 aliphatic heterocycles. The van der Waals surface area contributed by atoms with Gasteiger partial charge in [0.25, 0.3) is 5.91 Å². The molecule has 0 spiro atoms. The highest BCUT2D eigenvalue weighted by Crippen LogP contribution is 2.34. The number of methoxy groups -OCH3 is 1. The summed E-state index contributed by atoms with van der Waals surface area (Å²) in [5.41, 5.74) is 4.93. The van der Waals surface area contributed by atoms with Crippen LogP contribution in [0.2, 0.25) is 0 Å². The first-order valence-corrected chi connectivity index (χ1v) is 8.97. The Morgan fingerprint density at radius 1 is 1.15 bits per heavy atom. The maximum Gasteiger partial charge on any atom is 0.253 e. The van der Waals surface area contributed by atoms with Gasteiger partial charge in [0.2, 0.25) is 0 Å². The molecular formula is C22H21N3O2. The first kappa shape index (κ1) is 17.1. The second kappa shape index (κ2) is 7.50. The number of nitrogens with one attached hydrogen (secondary N) is 1. The van der Waals surface area contributed by atoms with E-state index >= 15 is 0 Å². The third-order valence-electron chi connectivity index (χ3n) is 4.82. The van der Waals surface area contributed by atoms with Crippen LogP contribution in [0.15, 0.2) is 67.0 Å². The summed E-state index contributed by atoms with van der Waals surface area (Å²) in [7, 11) is 1.63. The maximum absolute atomic E-state index is 12.6. The zero-order chi connectivity index (χ0) is 18.6. The van der Waals surface area contributed by atoms with Crippen LogP contribution in [0.1, 0.15) is 21.5 Å². The van der Waals surface area contributed by atoms with Crippen LogP contribution in [0, 0.1) is 0 Å². The monoisotopic (exact) mass is 359 g/mol. The number of nitrogens with zero attached hydrogens (tertiary/aromatic N) is 2. The summed E-state index contributed by atoms with van der Waals surface area (Å²) >= 11 is 0. The molecule has 0 bridgehead atoms. The fraction of sp³-hybridized carbons (Fsp3) is 0.182. The molecular weight excluding hydrogens is 338 g/mol. The van der Waals surface area contributed by atoms with Gasteiger partial charge >= 0.3 is 0 Å². The van der Waals surface area contributed by atoms with Gasteiger partial charge in [-0.3, -0.25) is 9.78 Å². The normalized spacial score (nSPS) is 12.6. The molecule has 0 radical (unpaired) electrons. The van der Waals surface area contributed by atoms with Crippen molar-refractivity contribution >= 4 is 17.3 Å². The highest BCUT2D eigenvalue weighted by molar-refractivity contribution is 5.95. The Morgan fingerprint density at radius 2 is 1.96 bits per heavy atom. The highest BCUT2D eigenvalue weighted by atomic mass is 16.5. The smallest absolute Gasteiger partial charge is 0.253 e. The number of ether oxygens (including phenoxy) is 1. The summed E-state index contributed by atoms with van der Waals surface area (Å²) in [5, 5.41) is 2.95. The standard InChI is InChI=1S/C22H21N3O2/c1-27-21-9-5-3-7-17(21)14-24-22(26)18-12-19(15-23-13-18)25-11-10-16-6-2-4-8-20(16)25/h2-9,12-13,15H,10-11,14H2,1H3,(H,24,26). The molecule has 3 aromatic rings. The highest BCUT2D eigenvalue weighted by Gasteiger charge is 2.21. The van der Waals surface area contributed by atoms with Gasteiger partial charge in [-0.15, -0.1) is 0 Å². The van der Waals surface area contributed by atoms with Gasteiger partial charge in [0.05, 0.1) is 24.6 Å². The number of amides is 1. The first-order chi connectivity index (χ1) is 13.3. The summed E-state index contributed by atoms with van der Waals surface area (Å²) in [6.07, 6.45) is 4.41. The Morgan fingerprint density at radius 3 is 2.85 bits per heavy atom. The van der Waals surface area contributed by atoms with Crippen LogP contribution in [-0.4, -0.2) is 24.5 Å². The molecule has 5 heteroatoms. The van der Waals surface area contributed by atoms with Crippen molar-refractivity contribution in [3.8, 4) is 5.75 Å². The quantitative estimate of drug-likeness (QED) is 0.754. The summed E-state index contributed by atoms with van der Waals surface area (Å²) in [5.74, 6) is 0.612. The number of carbonyl (C=O) groups is 1. The zero-order valence-corrected chi connectivity index (χ0v) is 15.2. The second-order valence-electron chi connectivity index (χ2n) is 6.46. The summed E-state index contributed by atoms with van der Waals surface area (Å²) < 4.78 is 5.33. The number of aromatic nitrogens is 1. The molecule has 0 aliphatic carbocycles. The maximum atomic E-state index is 12.6. The predicted octanol–water partition coefficient (Wildman–Crippen LogP) is 3.71. The van der Waals surface area contributed by atoms with Crippen molar-refractivity contribution in [1.82, 2.24) is 10.3 Å². The molecule has 1 aliphatic rings. The lowest BCUT2D eigenvalue weighted by atomic mass is 10.1. The zero-order valence-electron chi connectivity index (χ0n) is 15.2. The number of hydrogen-bond acceptors (Lipinski definition) is 4. The summed E-state index contributed by atoms with van der Waals surface area (Å²) in [6.45, 7) is 1.30. The van der Waals surface area contributed by atoms with Gasteiger partial charge in [0.15, 0.2) is 0 Å². The molecule has 0 saturated heterocycles. The van der Waals surface area contributed by atoms with Crippen molar-refractivity contribution in [2.24, 2.45) is 0 Å². The number of anilines is 2. The van der Waals surface area contributed by atoms with Crippen molar-refractivity contribution in [1.29, 1.82) is 0 Å². The number of rotatable bonds is 5. The van der Waals surface area contributed by atoms with Gasteiger partial charge in [-0.1, -0.05) is 36.4 Å². The van der Waals surface area contributed by atoms with Gasteiger partial charge in [0, 0.05) is 30.5 Å². The topological polar surface area (TPSA) is 54.5 Å². The lowest BCUT2D eigenvalue weighted by Crippen LogP contribution is -2.24. The van der Waals surface area contributed by atoms with Crippen LogP contribution < -0.4 is 15.0 Å². The average molecular weight is 359 g/mol. The Balaban J connectivity index is 1.50. The van der Waals surface area contributed by atoms with E-state index in [0.29, 0.717) is 12.1 Å². The molecule has 0 atom stereocenters. The SMILES string of the molecule is COc1ccccc1CNC(=O)c1cncc(N2CCc3ccccc32)c1. The average Bonchev–Trinajstić information content (AvgIpc) is 3.16. The van der Waals surface area contributed by atoms with E-state index in [4.69, 9.17) is 4.74 Å². The summed E-state index contributed by atoms with van der Waals surface area (Å²) in [4.78, 5) is 19.1. The molecule has 2 heterocycles. The molecule has 136 valence electrons. The minimum absolute atomic E-state index is 0.150. The fourth-order valence-electron chi connectivity index (χ4n) is 3.43. The van der Waals surface area contributed by atoms with E-state index < -0.39 is 0 Å². The van der Waals surface area contributed by atoms with E-state index in [0.717, 1.165) is 30.0 Å². The van der Waals surface area contributed by atoms with Crippen LogP contribution in [-0.2, 0) is 13.0 Å². The van der Waals surface area contributed by atoms with Gasteiger partial charge in [-0.25, -0.2) is 0 Å². The minimum atomic E-state index is -0.150. The van der Waals surface area contributed by atoms with E-state index in [2.05, 4.69) is 33.4 Å². The predicted molar refractivity (Wildman–Crippen MR) is 106 cm³/mol. The molecule has 1 amide bonds. The number of carbonyl (C=O) groups excluding carboxylic acids is 1. The third kappa shape index (κ3) is 3.49. The van der Waals surface area contributed by atoms with Crippen molar-refractivity contribution in [3.63, 3.8) is 0 Å². The largest absolute Gasteiger partial charge is 0.496 e. The Bertz CT molecular complexity index is 971. The number of benzene rings is 2. The van der Waals surface area contributed by atoms with Crippen molar-refractivity contribution < 1.29 is 9.53 Å². The number of fused-ring (bicyclic) bond motifs is 1. The second-order valence-corrected chi connectivity index (χ2v) is 6.46. The summed E-state index contributed by atoms with van der Waals surface area (Å²) in [6, 6.07) is 17.9. The van der Waals surface area contributed by atoms with Crippen LogP contribution in [0.5, 0.6) is 5.75 Å². The minimum Gasteiger partial charge on any atom is -0.496 e. The molecule has 5 nitrogen and oxygen atoms in total. The number of hydrogen-bond donors (Lipinski definition) is 1. The molecule has 4 rings (SSSR count). The van der Waals surface area contributed by atoms with Crippen LogP contribution in [0.3, 0.4) is 0 Å². The first-order valence-electron chi connectivity index (χ1n) is 8.97. The van der Waals surface area contributed by atoms with Crippen LogP contribution in [0.4, 0.5) is 11.4 Å². The molecule has 0 fully saturated rings. The van der Waals surface area contributed by atoms with Gasteiger partial charge in [-0.05, 0) is 30.2 Å². The molecule has 1 aromatic heterocycles. The van der Waals surface area contributed by atoms with Crippen LogP contribution >= 0.6 is 0 Å². The van der Waals surface area contributed by atoms with Crippen molar-refractivity contribution in [3.05, 3.63) is 83.7 Å². The number of para-hydroxylation sites is 2. The van der Waals surface area contributed by atoms with Gasteiger partial charge < -0.3 is 15.0 Å². The Kier molecular flexibility index (Phi) is 4.75. The van der Waals surface area contributed by atoms with Gasteiger partial charge in [0.1, 0.15) is 5.75 Å². The number of pyridine rings is 1. The van der Waals surface area contributed by atoms with E-state index in [9.17, 15) is 4.79 Å². The van der Waals surface area contributed by atoms with Crippen molar-refractivity contribution in [2.75, 3.05) is 18.6 Å². The molecule has 27 heavy (non-hydrogen) atoms. The molecule has 0 saturated carbocycles. The van der Waals surface area contributed by atoms with E-state index in [-0.39, 0.29) is 5.91 Å². The third-order valence-corrected chi connectivity index (χ3v) is 4.82. The lowest BCUT2D eigenvalue weighted by Gasteiger charge is -2.19. The lowest BCUT2D eigenvalue weighted by molar-refractivity contribution is 0.0950.